The van der Waals surface area contributed by atoms with Crippen molar-refractivity contribution in [1.82, 2.24) is 0 Å². The molecule has 0 bridgehead atoms. The Morgan fingerprint density at radius 2 is 1.86 bits per heavy atom. The first-order chi connectivity index (χ1) is 17.0. The molecule has 180 valence electrons. The second-order valence-corrected chi connectivity index (χ2v) is 8.19. The average Bonchev–Trinajstić information content (AvgIpc) is 3.30. The van der Waals surface area contributed by atoms with Gasteiger partial charge in [0.2, 0.25) is 0 Å². The monoisotopic (exact) mass is 490 g/mol. The summed E-state index contributed by atoms with van der Waals surface area (Å²) in [6.07, 6.45) is 2.30. The Morgan fingerprint density at radius 3 is 2.51 bits per heavy atom. The lowest BCUT2D eigenvalue weighted by atomic mass is 10.0. The summed E-state index contributed by atoms with van der Waals surface area (Å²) in [5, 5.41) is 14.5. The summed E-state index contributed by atoms with van der Waals surface area (Å²) < 4.78 is 16.2. The van der Waals surface area contributed by atoms with Gasteiger partial charge in [-0.2, -0.15) is 5.26 Å². The number of nitrogens with one attached hydrogen (secondary N) is 1. The van der Waals surface area contributed by atoms with Gasteiger partial charge in [0.1, 0.15) is 33.7 Å². The first-order valence-corrected chi connectivity index (χ1v) is 12.0. The Balaban J connectivity index is 1.94. The highest BCUT2D eigenvalue weighted by Crippen LogP contribution is 2.37. The van der Waals surface area contributed by atoms with E-state index in [9.17, 15) is 14.9 Å². The largest absolute Gasteiger partial charge is 0.497 e. The number of carbonyl (C=O) groups is 2. The van der Waals surface area contributed by atoms with Crippen molar-refractivity contribution in [2.24, 2.45) is 0 Å². The zero-order chi connectivity index (χ0) is 25.2. The first-order valence-electron chi connectivity index (χ1n) is 11.1. The Bertz CT molecular complexity index is 1260. The number of amides is 1. The second kappa shape index (κ2) is 12.4. The van der Waals surface area contributed by atoms with Crippen LogP contribution in [-0.2, 0) is 9.53 Å². The van der Waals surface area contributed by atoms with E-state index in [-0.39, 0.29) is 17.7 Å². The standard InChI is InChI=1S/C27H26N2O5S/c1-4-14-34-23-9-7-6-8-19(23)15-20(16-28)25(30)29-26-24(27(31)33-5-2)22(17-35-26)18-10-12-21(32-3)13-11-18/h6-13,15,17H,4-5,14H2,1-3H3,(H,29,30). The van der Waals surface area contributed by atoms with Crippen LogP contribution < -0.4 is 14.8 Å². The van der Waals surface area contributed by atoms with E-state index in [1.807, 2.05) is 31.2 Å². The van der Waals surface area contributed by atoms with Gasteiger partial charge in [0.05, 0.1) is 20.3 Å². The minimum atomic E-state index is -0.633. The lowest BCUT2D eigenvalue weighted by Gasteiger charge is -2.10. The number of rotatable bonds is 10. The Kier molecular flexibility index (Phi) is 9.04. The Labute approximate surface area is 208 Å². The highest BCUT2D eigenvalue weighted by molar-refractivity contribution is 7.15. The van der Waals surface area contributed by atoms with Crippen LogP contribution in [0.25, 0.3) is 17.2 Å². The van der Waals surface area contributed by atoms with Crippen LogP contribution in [0.4, 0.5) is 5.00 Å². The van der Waals surface area contributed by atoms with E-state index in [4.69, 9.17) is 14.2 Å². The van der Waals surface area contributed by atoms with Gasteiger partial charge < -0.3 is 19.5 Å². The number of nitriles is 1. The molecule has 8 heteroatoms. The lowest BCUT2D eigenvalue weighted by molar-refractivity contribution is -0.112. The van der Waals surface area contributed by atoms with E-state index >= 15 is 0 Å². The molecule has 2 aromatic carbocycles. The number of hydrogen-bond donors (Lipinski definition) is 1. The maximum absolute atomic E-state index is 13.0. The van der Waals surface area contributed by atoms with Crippen LogP contribution in [0.2, 0.25) is 0 Å². The van der Waals surface area contributed by atoms with Crippen LogP contribution in [0.15, 0.2) is 59.5 Å². The van der Waals surface area contributed by atoms with Crippen LogP contribution in [0.3, 0.4) is 0 Å². The highest BCUT2D eigenvalue weighted by Gasteiger charge is 2.24. The lowest BCUT2D eigenvalue weighted by Crippen LogP contribution is -2.16. The number of hydrogen-bond acceptors (Lipinski definition) is 7. The summed E-state index contributed by atoms with van der Waals surface area (Å²) in [5.41, 5.74) is 2.12. The summed E-state index contributed by atoms with van der Waals surface area (Å²) in [7, 11) is 1.58. The molecule has 35 heavy (non-hydrogen) atoms. The van der Waals surface area contributed by atoms with E-state index in [0.29, 0.717) is 34.2 Å². The van der Waals surface area contributed by atoms with Gasteiger partial charge in [-0.25, -0.2) is 4.79 Å². The Morgan fingerprint density at radius 1 is 1.11 bits per heavy atom. The molecule has 0 atom stereocenters. The predicted octanol–water partition coefficient (Wildman–Crippen LogP) is 5.93. The molecule has 1 heterocycles. The van der Waals surface area contributed by atoms with E-state index in [1.165, 1.54) is 17.4 Å². The summed E-state index contributed by atoms with van der Waals surface area (Å²) in [6.45, 7) is 4.41. The second-order valence-electron chi connectivity index (χ2n) is 7.31. The molecule has 1 aromatic heterocycles. The number of anilines is 1. The van der Waals surface area contributed by atoms with Crippen LogP contribution in [0.5, 0.6) is 11.5 Å². The van der Waals surface area contributed by atoms with Gasteiger partial charge in [-0.1, -0.05) is 37.3 Å². The maximum atomic E-state index is 13.0. The van der Waals surface area contributed by atoms with Crippen molar-refractivity contribution in [3.63, 3.8) is 0 Å². The summed E-state index contributed by atoms with van der Waals surface area (Å²) in [6, 6.07) is 16.3. The molecule has 0 fully saturated rings. The van der Waals surface area contributed by atoms with Gasteiger partial charge in [-0.15, -0.1) is 11.3 Å². The molecule has 0 aliphatic carbocycles. The summed E-state index contributed by atoms with van der Waals surface area (Å²) in [4.78, 5) is 25.8. The average molecular weight is 491 g/mol. The number of para-hydroxylation sites is 1. The van der Waals surface area contributed by atoms with Crippen LogP contribution in [0.1, 0.15) is 36.2 Å². The molecular formula is C27H26N2O5S. The molecule has 0 aliphatic rings. The molecule has 0 spiro atoms. The zero-order valence-electron chi connectivity index (χ0n) is 19.8. The number of nitrogens with zero attached hydrogens (tertiary/aromatic N) is 1. The minimum absolute atomic E-state index is 0.119. The molecule has 0 radical (unpaired) electrons. The van der Waals surface area contributed by atoms with Crippen molar-refractivity contribution in [1.29, 1.82) is 5.26 Å². The molecule has 3 aromatic rings. The van der Waals surface area contributed by atoms with Gasteiger partial charge in [0, 0.05) is 16.5 Å². The van der Waals surface area contributed by atoms with Gasteiger partial charge in [-0.05, 0) is 43.2 Å². The number of carbonyl (C=O) groups excluding carboxylic acids is 2. The molecule has 0 saturated heterocycles. The minimum Gasteiger partial charge on any atom is -0.497 e. The van der Waals surface area contributed by atoms with E-state index in [2.05, 4.69) is 5.32 Å². The van der Waals surface area contributed by atoms with Crippen LogP contribution >= 0.6 is 11.3 Å². The molecule has 0 unspecified atom stereocenters. The quantitative estimate of drug-likeness (QED) is 0.215. The first kappa shape index (κ1) is 25.5. The van der Waals surface area contributed by atoms with Gasteiger partial charge in [0.15, 0.2) is 0 Å². The molecule has 3 rings (SSSR count). The molecule has 1 amide bonds. The zero-order valence-corrected chi connectivity index (χ0v) is 20.6. The Hall–Kier alpha value is -4.09. The van der Waals surface area contributed by atoms with Crippen molar-refractivity contribution >= 4 is 34.3 Å². The normalized spacial score (nSPS) is 10.9. The maximum Gasteiger partial charge on any atom is 0.341 e. The molecule has 0 aliphatic heterocycles. The van der Waals surface area contributed by atoms with Gasteiger partial charge in [-0.3, -0.25) is 4.79 Å². The van der Waals surface area contributed by atoms with Crippen molar-refractivity contribution < 1.29 is 23.8 Å². The fraction of sp³-hybridized carbons (Fsp3) is 0.222. The number of benzene rings is 2. The molecule has 1 N–H and O–H groups in total. The third-order valence-electron chi connectivity index (χ3n) is 4.94. The SMILES string of the molecule is CCCOc1ccccc1C=C(C#N)C(=O)Nc1scc(-c2ccc(OC)cc2)c1C(=O)OCC. The predicted molar refractivity (Wildman–Crippen MR) is 137 cm³/mol. The molecule has 0 saturated carbocycles. The highest BCUT2D eigenvalue weighted by atomic mass is 32.1. The smallest absolute Gasteiger partial charge is 0.341 e. The topological polar surface area (TPSA) is 97.6 Å². The number of ether oxygens (including phenoxy) is 3. The van der Waals surface area contributed by atoms with E-state index in [1.54, 1.807) is 49.7 Å². The van der Waals surface area contributed by atoms with Crippen molar-refractivity contribution in [3.05, 3.63) is 70.6 Å². The van der Waals surface area contributed by atoms with Crippen LogP contribution in [0, 0.1) is 11.3 Å². The summed E-state index contributed by atoms with van der Waals surface area (Å²) in [5.74, 6) is 0.0735. The van der Waals surface area contributed by atoms with E-state index in [0.717, 1.165) is 12.0 Å². The fourth-order valence-corrected chi connectivity index (χ4v) is 4.21. The van der Waals surface area contributed by atoms with Crippen molar-refractivity contribution in [3.8, 4) is 28.7 Å². The molecular weight excluding hydrogens is 464 g/mol. The number of esters is 1. The van der Waals surface area contributed by atoms with Gasteiger partial charge >= 0.3 is 5.97 Å². The third-order valence-corrected chi connectivity index (χ3v) is 5.84. The molecule has 7 nitrogen and oxygen atoms in total. The third kappa shape index (κ3) is 6.28. The van der Waals surface area contributed by atoms with Crippen molar-refractivity contribution in [2.45, 2.75) is 20.3 Å². The van der Waals surface area contributed by atoms with Gasteiger partial charge in [0.25, 0.3) is 5.91 Å². The van der Waals surface area contributed by atoms with Crippen LogP contribution in [-0.4, -0.2) is 32.2 Å². The number of thiophene rings is 1. The van der Waals surface area contributed by atoms with E-state index < -0.39 is 11.9 Å². The summed E-state index contributed by atoms with van der Waals surface area (Å²) >= 11 is 1.19. The fourth-order valence-electron chi connectivity index (χ4n) is 3.26. The van der Waals surface area contributed by atoms with Crippen molar-refractivity contribution in [2.75, 3.05) is 25.6 Å². The number of methoxy groups -OCH3 is 1.